The van der Waals surface area contributed by atoms with E-state index in [0.29, 0.717) is 18.5 Å². The molecule has 0 unspecified atom stereocenters. The quantitative estimate of drug-likeness (QED) is 0.623. The lowest BCUT2D eigenvalue weighted by molar-refractivity contribution is -0.122. The van der Waals surface area contributed by atoms with Crippen LogP contribution in [0.15, 0.2) is 0 Å². The molecule has 3 N–H and O–H groups in total. The van der Waals surface area contributed by atoms with Crippen LogP contribution in [-0.4, -0.2) is 43.5 Å². The molecule has 0 spiro atoms. The normalized spacial score (nSPS) is 27.1. The first-order valence-corrected chi connectivity index (χ1v) is 4.77. The molecule has 76 valence electrons. The monoisotopic (exact) mass is 185 g/mol. The minimum absolute atomic E-state index is 0.144. The summed E-state index contributed by atoms with van der Waals surface area (Å²) in [6.45, 7) is 0.810. The minimum atomic E-state index is 0.144. The number of amides is 1. The van der Waals surface area contributed by atoms with Gasteiger partial charge in [-0.1, -0.05) is 0 Å². The first-order chi connectivity index (χ1) is 6.08. The van der Waals surface area contributed by atoms with Gasteiger partial charge in [0.1, 0.15) is 0 Å². The second-order valence-corrected chi connectivity index (χ2v) is 4.05. The van der Waals surface area contributed by atoms with Crippen molar-refractivity contribution in [2.24, 2.45) is 5.73 Å². The third kappa shape index (κ3) is 3.74. The van der Waals surface area contributed by atoms with E-state index in [-0.39, 0.29) is 5.91 Å². The summed E-state index contributed by atoms with van der Waals surface area (Å²) < 4.78 is 0. The Balaban J connectivity index is 2.05. The highest BCUT2D eigenvalue weighted by Gasteiger charge is 2.26. The Labute approximate surface area is 79.5 Å². The van der Waals surface area contributed by atoms with Crippen LogP contribution >= 0.6 is 0 Å². The van der Waals surface area contributed by atoms with Gasteiger partial charge >= 0.3 is 0 Å². The molecule has 4 nitrogen and oxygen atoms in total. The molecule has 1 amide bonds. The highest BCUT2D eigenvalue weighted by Crippen LogP contribution is 2.17. The standard InChI is InChI=1S/C9H19N3O/c1-12(2)4-3-9(13)11-8-5-7(10)6-8/h7-8H,3-6,10H2,1-2H3,(H,11,13). The van der Waals surface area contributed by atoms with E-state index in [2.05, 4.69) is 5.32 Å². The fourth-order valence-corrected chi connectivity index (χ4v) is 1.40. The number of hydrogen-bond donors (Lipinski definition) is 2. The van der Waals surface area contributed by atoms with Gasteiger partial charge in [0, 0.05) is 25.0 Å². The number of carbonyl (C=O) groups is 1. The minimum Gasteiger partial charge on any atom is -0.353 e. The molecule has 0 atom stereocenters. The van der Waals surface area contributed by atoms with Crippen LogP contribution in [0.5, 0.6) is 0 Å². The maximum atomic E-state index is 11.3. The van der Waals surface area contributed by atoms with Crippen LogP contribution < -0.4 is 11.1 Å². The molecule has 1 aliphatic rings. The number of rotatable bonds is 4. The fraction of sp³-hybridized carbons (Fsp3) is 0.889. The van der Waals surface area contributed by atoms with E-state index in [0.717, 1.165) is 19.4 Å². The molecule has 0 aromatic rings. The Bertz CT molecular complexity index is 176. The van der Waals surface area contributed by atoms with Crippen molar-refractivity contribution in [1.29, 1.82) is 0 Å². The SMILES string of the molecule is CN(C)CCC(=O)NC1CC(N)C1. The molecule has 0 heterocycles. The van der Waals surface area contributed by atoms with E-state index in [9.17, 15) is 4.79 Å². The smallest absolute Gasteiger partial charge is 0.221 e. The lowest BCUT2D eigenvalue weighted by atomic mass is 9.87. The van der Waals surface area contributed by atoms with Gasteiger partial charge < -0.3 is 16.0 Å². The van der Waals surface area contributed by atoms with Crippen LogP contribution in [0.2, 0.25) is 0 Å². The zero-order valence-electron chi connectivity index (χ0n) is 8.42. The van der Waals surface area contributed by atoms with Crippen molar-refractivity contribution >= 4 is 5.91 Å². The number of nitrogens with one attached hydrogen (secondary N) is 1. The van der Waals surface area contributed by atoms with Gasteiger partial charge in [-0.2, -0.15) is 0 Å². The van der Waals surface area contributed by atoms with Crippen LogP contribution in [0, 0.1) is 0 Å². The lowest BCUT2D eigenvalue weighted by Crippen LogP contribution is -2.50. The molecule has 0 radical (unpaired) electrons. The van der Waals surface area contributed by atoms with Gasteiger partial charge in [0.15, 0.2) is 0 Å². The fourth-order valence-electron chi connectivity index (χ4n) is 1.40. The Morgan fingerprint density at radius 2 is 2.15 bits per heavy atom. The number of nitrogens with zero attached hydrogens (tertiary/aromatic N) is 1. The summed E-state index contributed by atoms with van der Waals surface area (Å²) in [5, 5.41) is 2.96. The van der Waals surface area contributed by atoms with E-state index in [1.54, 1.807) is 0 Å². The predicted molar refractivity (Wildman–Crippen MR) is 52.3 cm³/mol. The third-order valence-electron chi connectivity index (χ3n) is 2.33. The van der Waals surface area contributed by atoms with Crippen molar-refractivity contribution in [1.82, 2.24) is 10.2 Å². The van der Waals surface area contributed by atoms with E-state index in [1.165, 1.54) is 0 Å². The summed E-state index contributed by atoms with van der Waals surface area (Å²) in [6.07, 6.45) is 2.46. The largest absolute Gasteiger partial charge is 0.353 e. The van der Waals surface area contributed by atoms with E-state index in [1.807, 2.05) is 19.0 Å². The zero-order valence-corrected chi connectivity index (χ0v) is 8.42. The Hall–Kier alpha value is -0.610. The Morgan fingerprint density at radius 1 is 1.54 bits per heavy atom. The van der Waals surface area contributed by atoms with Crippen molar-refractivity contribution in [2.45, 2.75) is 31.3 Å². The molecule has 1 saturated carbocycles. The molecule has 1 fully saturated rings. The van der Waals surface area contributed by atoms with Crippen molar-refractivity contribution in [3.8, 4) is 0 Å². The summed E-state index contributed by atoms with van der Waals surface area (Å²) in [6, 6.07) is 0.642. The molecular formula is C9H19N3O. The highest BCUT2D eigenvalue weighted by molar-refractivity contribution is 5.76. The van der Waals surface area contributed by atoms with E-state index in [4.69, 9.17) is 5.73 Å². The van der Waals surface area contributed by atoms with Crippen LogP contribution in [0.25, 0.3) is 0 Å². The lowest BCUT2D eigenvalue weighted by Gasteiger charge is -2.33. The van der Waals surface area contributed by atoms with Crippen molar-refractivity contribution < 1.29 is 4.79 Å². The van der Waals surface area contributed by atoms with Gasteiger partial charge in [-0.05, 0) is 26.9 Å². The van der Waals surface area contributed by atoms with Crippen LogP contribution in [0.4, 0.5) is 0 Å². The van der Waals surface area contributed by atoms with Gasteiger partial charge in [-0.15, -0.1) is 0 Å². The summed E-state index contributed by atoms with van der Waals surface area (Å²) >= 11 is 0. The first-order valence-electron chi connectivity index (χ1n) is 4.77. The zero-order chi connectivity index (χ0) is 9.84. The van der Waals surface area contributed by atoms with Gasteiger partial charge in [0.25, 0.3) is 0 Å². The van der Waals surface area contributed by atoms with Gasteiger partial charge in [-0.25, -0.2) is 0 Å². The van der Waals surface area contributed by atoms with Crippen molar-refractivity contribution in [3.05, 3.63) is 0 Å². The van der Waals surface area contributed by atoms with Crippen LogP contribution in [0.3, 0.4) is 0 Å². The summed E-state index contributed by atoms with van der Waals surface area (Å²) in [4.78, 5) is 13.3. The molecule has 0 aromatic heterocycles. The van der Waals surface area contributed by atoms with E-state index < -0.39 is 0 Å². The number of hydrogen-bond acceptors (Lipinski definition) is 3. The Morgan fingerprint density at radius 3 is 2.62 bits per heavy atom. The second kappa shape index (κ2) is 4.58. The van der Waals surface area contributed by atoms with Crippen molar-refractivity contribution in [2.75, 3.05) is 20.6 Å². The molecule has 0 aromatic carbocycles. The molecule has 13 heavy (non-hydrogen) atoms. The maximum Gasteiger partial charge on any atom is 0.221 e. The molecule has 0 aliphatic heterocycles. The average molecular weight is 185 g/mol. The molecule has 4 heteroatoms. The summed E-state index contributed by atoms with van der Waals surface area (Å²) in [7, 11) is 3.93. The average Bonchev–Trinajstić information content (AvgIpc) is 1.98. The Kier molecular flexibility index (Phi) is 3.69. The molecule has 0 bridgehead atoms. The van der Waals surface area contributed by atoms with Gasteiger partial charge in [-0.3, -0.25) is 4.79 Å². The number of nitrogens with two attached hydrogens (primary N) is 1. The van der Waals surface area contributed by atoms with Gasteiger partial charge in [0.2, 0.25) is 5.91 Å². The first kappa shape index (κ1) is 10.5. The topological polar surface area (TPSA) is 58.4 Å². The third-order valence-corrected chi connectivity index (χ3v) is 2.33. The van der Waals surface area contributed by atoms with Gasteiger partial charge in [0.05, 0.1) is 0 Å². The molecule has 0 saturated heterocycles. The molecular weight excluding hydrogens is 166 g/mol. The maximum absolute atomic E-state index is 11.3. The summed E-state index contributed by atoms with van der Waals surface area (Å²) in [5.74, 6) is 0.144. The van der Waals surface area contributed by atoms with Crippen LogP contribution in [-0.2, 0) is 4.79 Å². The second-order valence-electron chi connectivity index (χ2n) is 4.05. The summed E-state index contributed by atoms with van der Waals surface area (Å²) in [5.41, 5.74) is 5.61. The van der Waals surface area contributed by atoms with E-state index >= 15 is 0 Å². The van der Waals surface area contributed by atoms with Crippen molar-refractivity contribution in [3.63, 3.8) is 0 Å². The van der Waals surface area contributed by atoms with Crippen LogP contribution in [0.1, 0.15) is 19.3 Å². The molecule has 1 aliphatic carbocycles. The predicted octanol–water partition coefficient (Wildman–Crippen LogP) is -0.456. The number of carbonyl (C=O) groups excluding carboxylic acids is 1. The molecule has 1 rings (SSSR count). The highest BCUT2D eigenvalue weighted by atomic mass is 16.1.